The molecule has 0 spiro atoms. The molecule has 7 heteroatoms. The molecule has 0 saturated heterocycles. The second kappa shape index (κ2) is 13.1. The van der Waals surface area contributed by atoms with Crippen LogP contribution in [0.4, 0.5) is 0 Å². The summed E-state index contributed by atoms with van der Waals surface area (Å²) in [5.41, 5.74) is 5.87. The molecular weight excluding hydrogens is 643 g/mol. The molecule has 8 rings (SSSR count). The zero-order chi connectivity index (χ0) is 32.3. The summed E-state index contributed by atoms with van der Waals surface area (Å²) >= 11 is 8.03. The summed E-state index contributed by atoms with van der Waals surface area (Å²) in [6.07, 6.45) is 20.8. The van der Waals surface area contributed by atoms with Crippen molar-refractivity contribution >= 4 is 47.4 Å². The molecule has 1 aliphatic heterocycles. The summed E-state index contributed by atoms with van der Waals surface area (Å²) in [5.74, 6) is 5.64. The minimum absolute atomic E-state index is 0. The number of allylic oxidation sites excluding steroid dienone is 1. The normalized spacial score (nSPS) is 32.2. The zero-order valence-corrected chi connectivity index (χ0v) is 30.3. The van der Waals surface area contributed by atoms with Crippen molar-refractivity contribution in [2.45, 2.75) is 80.6 Å². The van der Waals surface area contributed by atoms with Crippen LogP contribution in [0, 0.1) is 40.9 Å². The van der Waals surface area contributed by atoms with Crippen molar-refractivity contribution in [1.29, 1.82) is 0 Å². The van der Waals surface area contributed by atoms with Crippen LogP contribution in [0.5, 0.6) is 0 Å². The van der Waals surface area contributed by atoms with Gasteiger partial charge in [0.25, 0.3) is 0 Å². The predicted octanol–water partition coefficient (Wildman–Crippen LogP) is 9.83. The minimum atomic E-state index is -0.909. The molecule has 3 aromatic rings. The molecule has 6 atom stereocenters. The second-order valence-electron chi connectivity index (χ2n) is 14.8. The molecule has 5 aliphatic rings. The molecule has 3 saturated carbocycles. The SMILES string of the molecule is C#CC1(O)CCC2C3CCC4=Cc5oncc5CC4(C)C3CCC21C.CN(C)CCC=C1c2ccccc2Sc2ccc(Cl)cc21.Cl. The van der Waals surface area contributed by atoms with Gasteiger partial charge in [0.15, 0.2) is 5.76 Å². The highest BCUT2D eigenvalue weighted by Crippen LogP contribution is 2.67. The van der Waals surface area contributed by atoms with Crippen molar-refractivity contribution in [2.75, 3.05) is 20.6 Å². The zero-order valence-electron chi connectivity index (χ0n) is 27.9. The molecule has 2 heterocycles. The number of aliphatic hydroxyl groups is 1. The van der Waals surface area contributed by atoms with Gasteiger partial charge >= 0.3 is 0 Å². The molecule has 47 heavy (non-hydrogen) atoms. The Hall–Kier alpha value is -2.46. The van der Waals surface area contributed by atoms with Crippen molar-refractivity contribution < 1.29 is 9.63 Å². The van der Waals surface area contributed by atoms with Gasteiger partial charge < -0.3 is 14.5 Å². The van der Waals surface area contributed by atoms with Gasteiger partial charge in [-0.15, -0.1) is 18.8 Å². The lowest BCUT2D eigenvalue weighted by Gasteiger charge is -2.58. The Bertz CT molecular complexity index is 1760. The van der Waals surface area contributed by atoms with Gasteiger partial charge in [0.2, 0.25) is 0 Å². The van der Waals surface area contributed by atoms with Crippen LogP contribution in [0.1, 0.15) is 81.2 Å². The molecular formula is C40H46Cl2N2O2S. The quantitative estimate of drug-likeness (QED) is 0.217. The highest BCUT2D eigenvalue weighted by Gasteiger charge is 2.63. The molecule has 1 aromatic heterocycles. The Morgan fingerprint density at radius 3 is 2.64 bits per heavy atom. The average molecular weight is 690 g/mol. The molecule has 4 nitrogen and oxygen atoms in total. The van der Waals surface area contributed by atoms with Crippen LogP contribution >= 0.6 is 35.8 Å². The highest BCUT2D eigenvalue weighted by atomic mass is 35.5. The van der Waals surface area contributed by atoms with Crippen LogP contribution in [0.25, 0.3) is 11.6 Å². The summed E-state index contributed by atoms with van der Waals surface area (Å²) in [4.78, 5) is 4.82. The maximum absolute atomic E-state index is 11.1. The Labute approximate surface area is 295 Å². The van der Waals surface area contributed by atoms with Gasteiger partial charge in [-0.1, -0.05) is 78.1 Å². The second-order valence-corrected chi connectivity index (χ2v) is 16.4. The summed E-state index contributed by atoms with van der Waals surface area (Å²) in [6.45, 7) is 5.76. The summed E-state index contributed by atoms with van der Waals surface area (Å²) < 4.78 is 5.43. The average Bonchev–Trinajstić information content (AvgIpc) is 3.60. The van der Waals surface area contributed by atoms with Gasteiger partial charge in [-0.05, 0) is 136 Å². The Kier molecular flexibility index (Phi) is 9.59. The number of hydrogen-bond donors (Lipinski definition) is 1. The van der Waals surface area contributed by atoms with E-state index in [9.17, 15) is 5.11 Å². The van der Waals surface area contributed by atoms with Crippen LogP contribution in [-0.2, 0) is 6.42 Å². The Balaban J connectivity index is 0.000000164. The number of aromatic nitrogens is 1. The smallest absolute Gasteiger partial charge is 0.162 e. The highest BCUT2D eigenvalue weighted by molar-refractivity contribution is 7.99. The first-order chi connectivity index (χ1) is 22.1. The van der Waals surface area contributed by atoms with Gasteiger partial charge in [0.1, 0.15) is 5.60 Å². The molecule has 2 aromatic carbocycles. The number of halogens is 2. The number of terminal acetylenes is 1. The van der Waals surface area contributed by atoms with E-state index in [0.717, 1.165) is 62.3 Å². The van der Waals surface area contributed by atoms with E-state index in [1.165, 1.54) is 38.5 Å². The fourth-order valence-electron chi connectivity index (χ4n) is 9.67. The van der Waals surface area contributed by atoms with Crippen LogP contribution in [0.3, 0.4) is 0 Å². The minimum Gasteiger partial charge on any atom is -0.377 e. The maximum atomic E-state index is 11.1. The van der Waals surface area contributed by atoms with Crippen molar-refractivity contribution in [3.63, 3.8) is 0 Å². The Morgan fingerprint density at radius 2 is 1.85 bits per heavy atom. The number of rotatable bonds is 3. The predicted molar refractivity (Wildman–Crippen MR) is 196 cm³/mol. The van der Waals surface area contributed by atoms with E-state index in [1.807, 2.05) is 24.0 Å². The molecule has 0 radical (unpaired) electrons. The van der Waals surface area contributed by atoms with Crippen LogP contribution in [0.15, 0.2) is 74.6 Å². The van der Waals surface area contributed by atoms with Crippen molar-refractivity contribution in [1.82, 2.24) is 10.1 Å². The van der Waals surface area contributed by atoms with E-state index in [-0.39, 0.29) is 23.2 Å². The first-order valence-corrected chi connectivity index (χ1v) is 18.0. The third-order valence-corrected chi connectivity index (χ3v) is 13.6. The number of hydrogen-bond acceptors (Lipinski definition) is 5. The monoisotopic (exact) mass is 688 g/mol. The third-order valence-electron chi connectivity index (χ3n) is 12.2. The van der Waals surface area contributed by atoms with Gasteiger partial charge in [-0.2, -0.15) is 0 Å². The Morgan fingerprint density at radius 1 is 1.09 bits per heavy atom. The van der Waals surface area contributed by atoms with E-state index in [0.29, 0.717) is 17.8 Å². The van der Waals surface area contributed by atoms with Crippen molar-refractivity contribution in [3.05, 3.63) is 87.8 Å². The largest absolute Gasteiger partial charge is 0.377 e. The standard InChI is InChI=1S/C22H27NO2.C18H18ClNS.ClH/c1-4-22(24)10-8-18-16-6-5-15-11-19-14(13-23-25-19)12-20(15,2)17(16)7-9-21(18,22)3;1-20(2)11-5-7-14-15-6-3-4-8-17(15)21-18-10-9-13(19)12-16(14)18;/h1,11,13,16-18,24H,5-10,12H2,2-3H3;3-4,6-10,12H,5,11H2,1-2H3;1H. The van der Waals surface area contributed by atoms with Gasteiger partial charge in [0.05, 0.1) is 6.20 Å². The maximum Gasteiger partial charge on any atom is 0.162 e. The lowest BCUT2D eigenvalue weighted by molar-refractivity contribution is -0.0975. The van der Waals surface area contributed by atoms with E-state index in [4.69, 9.17) is 22.5 Å². The molecule has 4 aliphatic carbocycles. The van der Waals surface area contributed by atoms with E-state index in [2.05, 4.69) is 92.5 Å². The molecule has 248 valence electrons. The topological polar surface area (TPSA) is 49.5 Å². The van der Waals surface area contributed by atoms with E-state index >= 15 is 0 Å². The van der Waals surface area contributed by atoms with Gasteiger partial charge in [-0.3, -0.25) is 0 Å². The van der Waals surface area contributed by atoms with Crippen LogP contribution in [-0.4, -0.2) is 41.4 Å². The molecule has 0 amide bonds. The number of fused-ring (bicyclic) bond motifs is 8. The molecule has 3 fully saturated rings. The van der Waals surface area contributed by atoms with E-state index in [1.54, 1.807) is 5.57 Å². The van der Waals surface area contributed by atoms with Crippen molar-refractivity contribution in [2.24, 2.45) is 28.6 Å². The summed E-state index contributed by atoms with van der Waals surface area (Å²) in [7, 11) is 4.21. The molecule has 0 bridgehead atoms. The van der Waals surface area contributed by atoms with Crippen LogP contribution < -0.4 is 0 Å². The molecule has 1 N–H and O–H groups in total. The first-order valence-electron chi connectivity index (χ1n) is 16.8. The first kappa shape index (κ1) is 34.4. The fourth-order valence-corrected chi connectivity index (χ4v) is 10.9. The van der Waals surface area contributed by atoms with Gasteiger partial charge in [-0.25, -0.2) is 0 Å². The van der Waals surface area contributed by atoms with Gasteiger partial charge in [0, 0.05) is 32.3 Å². The lowest BCUT2D eigenvalue weighted by atomic mass is 9.46. The summed E-state index contributed by atoms with van der Waals surface area (Å²) in [5, 5.41) is 15.9. The number of benzene rings is 2. The molecule has 6 unspecified atom stereocenters. The number of nitrogens with zero attached hydrogens (tertiary/aromatic N) is 2. The summed E-state index contributed by atoms with van der Waals surface area (Å²) in [6, 6.07) is 14.8. The third kappa shape index (κ3) is 5.83. The lowest BCUT2D eigenvalue weighted by Crippen LogP contribution is -2.54. The van der Waals surface area contributed by atoms with Crippen LogP contribution in [0.2, 0.25) is 5.02 Å². The van der Waals surface area contributed by atoms with Crippen molar-refractivity contribution in [3.8, 4) is 12.3 Å². The fraction of sp³-hybridized carbons (Fsp3) is 0.475. The van der Waals surface area contributed by atoms with E-state index < -0.39 is 5.60 Å².